The Hall–Kier alpha value is -1.84. The number of hydrogen-bond donors (Lipinski definition) is 0. The van der Waals surface area contributed by atoms with E-state index in [-0.39, 0.29) is 0 Å². The normalized spacial score (nSPS) is 24.1. The molecule has 2 fully saturated rings. The lowest BCUT2D eigenvalue weighted by atomic mass is 9.57. The zero-order valence-electron chi connectivity index (χ0n) is 11.0. The molecule has 0 amide bonds. The Labute approximate surface area is 112 Å². The highest BCUT2D eigenvalue weighted by Gasteiger charge is 2.58. The molecular formula is C15H17N3O. The van der Waals surface area contributed by atoms with Gasteiger partial charge in [0.2, 0.25) is 0 Å². The van der Waals surface area contributed by atoms with Gasteiger partial charge in [-0.05, 0) is 44.0 Å². The van der Waals surface area contributed by atoms with Gasteiger partial charge < -0.3 is 9.32 Å². The van der Waals surface area contributed by atoms with Crippen LogP contribution in [0.15, 0.2) is 34.9 Å². The monoisotopic (exact) mass is 255 g/mol. The third-order valence-electron chi connectivity index (χ3n) is 4.62. The minimum absolute atomic E-state index is 0.341. The first-order valence-electron chi connectivity index (χ1n) is 6.89. The van der Waals surface area contributed by atoms with Gasteiger partial charge in [0.1, 0.15) is 5.76 Å². The predicted molar refractivity (Wildman–Crippen MR) is 71.8 cm³/mol. The molecule has 1 atom stereocenters. The Balaban J connectivity index is 1.68. The summed E-state index contributed by atoms with van der Waals surface area (Å²) in [5, 5.41) is 8.49. The summed E-state index contributed by atoms with van der Waals surface area (Å²) in [6.07, 6.45) is 5.70. The number of rotatable bonds is 2. The largest absolute Gasteiger partial charge is 0.467 e. The molecule has 4 rings (SSSR count). The van der Waals surface area contributed by atoms with Gasteiger partial charge in [0.05, 0.1) is 18.0 Å². The molecular weight excluding hydrogens is 238 g/mol. The molecule has 0 aromatic carbocycles. The van der Waals surface area contributed by atoms with Crippen molar-refractivity contribution >= 4 is 5.82 Å². The molecule has 2 aromatic rings. The lowest BCUT2D eigenvalue weighted by Crippen LogP contribution is -2.62. The fraction of sp³-hybridized carbons (Fsp3) is 0.467. The summed E-state index contributed by atoms with van der Waals surface area (Å²) in [6, 6.07) is 8.47. The summed E-state index contributed by atoms with van der Waals surface area (Å²) in [5.41, 5.74) is 1.38. The number of aryl methyl sites for hydroxylation is 1. The van der Waals surface area contributed by atoms with E-state index in [1.807, 2.05) is 19.1 Å². The van der Waals surface area contributed by atoms with E-state index in [0.29, 0.717) is 11.5 Å². The summed E-state index contributed by atoms with van der Waals surface area (Å²) in [5.74, 6) is 2.03. The van der Waals surface area contributed by atoms with E-state index in [2.05, 4.69) is 27.2 Å². The van der Waals surface area contributed by atoms with Crippen molar-refractivity contribution in [3.05, 3.63) is 42.0 Å². The second kappa shape index (κ2) is 3.83. The van der Waals surface area contributed by atoms with Gasteiger partial charge in [-0.1, -0.05) is 6.42 Å². The molecule has 0 N–H and O–H groups in total. The molecule has 4 nitrogen and oxygen atoms in total. The van der Waals surface area contributed by atoms with Gasteiger partial charge >= 0.3 is 0 Å². The van der Waals surface area contributed by atoms with Gasteiger partial charge in [-0.15, -0.1) is 5.10 Å². The zero-order chi connectivity index (χ0) is 12.9. The van der Waals surface area contributed by atoms with Crippen molar-refractivity contribution in [3.63, 3.8) is 0 Å². The van der Waals surface area contributed by atoms with Crippen LogP contribution in [0.3, 0.4) is 0 Å². The molecule has 2 aliphatic rings. The van der Waals surface area contributed by atoms with Crippen molar-refractivity contribution in [1.29, 1.82) is 0 Å². The fourth-order valence-electron chi connectivity index (χ4n) is 3.46. The van der Waals surface area contributed by atoms with Crippen LogP contribution >= 0.6 is 0 Å². The van der Waals surface area contributed by atoms with E-state index >= 15 is 0 Å². The Kier molecular flexibility index (Phi) is 2.22. The summed E-state index contributed by atoms with van der Waals surface area (Å²) in [7, 11) is 0. The topological polar surface area (TPSA) is 42.2 Å². The maximum atomic E-state index is 5.65. The van der Waals surface area contributed by atoms with Gasteiger partial charge in [0.15, 0.2) is 5.82 Å². The smallest absolute Gasteiger partial charge is 0.151 e. The molecule has 1 spiro atoms. The highest BCUT2D eigenvalue weighted by atomic mass is 16.3. The van der Waals surface area contributed by atoms with Crippen molar-refractivity contribution < 1.29 is 4.42 Å². The van der Waals surface area contributed by atoms with Crippen molar-refractivity contribution in [3.8, 4) is 0 Å². The third-order valence-corrected chi connectivity index (χ3v) is 4.62. The van der Waals surface area contributed by atoms with Crippen LogP contribution in [0, 0.1) is 12.3 Å². The third kappa shape index (κ3) is 1.52. The first-order chi connectivity index (χ1) is 9.28. The highest BCUT2D eigenvalue weighted by molar-refractivity contribution is 5.47. The Bertz CT molecular complexity index is 572. The highest BCUT2D eigenvalue weighted by Crippen LogP contribution is 2.61. The van der Waals surface area contributed by atoms with Crippen LogP contribution in [0.1, 0.15) is 36.8 Å². The molecule has 1 aliphatic carbocycles. The number of anilines is 1. The Morgan fingerprint density at radius 1 is 1.26 bits per heavy atom. The summed E-state index contributed by atoms with van der Waals surface area (Å²) in [4.78, 5) is 2.32. The summed E-state index contributed by atoms with van der Waals surface area (Å²) in [6.45, 7) is 3.04. The zero-order valence-corrected chi connectivity index (χ0v) is 11.0. The predicted octanol–water partition coefficient (Wildman–Crippen LogP) is 3.11. The van der Waals surface area contributed by atoms with Crippen LogP contribution in [0.25, 0.3) is 0 Å². The first-order valence-corrected chi connectivity index (χ1v) is 6.89. The van der Waals surface area contributed by atoms with Crippen LogP contribution in [0.4, 0.5) is 5.82 Å². The molecule has 19 heavy (non-hydrogen) atoms. The van der Waals surface area contributed by atoms with Gasteiger partial charge in [-0.2, -0.15) is 5.10 Å². The number of nitrogens with zero attached hydrogens (tertiary/aromatic N) is 3. The van der Waals surface area contributed by atoms with Crippen LogP contribution < -0.4 is 4.90 Å². The van der Waals surface area contributed by atoms with E-state index in [4.69, 9.17) is 4.42 Å². The van der Waals surface area contributed by atoms with E-state index in [1.54, 1.807) is 6.26 Å². The van der Waals surface area contributed by atoms with E-state index in [0.717, 1.165) is 23.8 Å². The quantitative estimate of drug-likeness (QED) is 0.827. The van der Waals surface area contributed by atoms with Gasteiger partial charge in [-0.25, -0.2) is 0 Å². The minimum Gasteiger partial charge on any atom is -0.467 e. The molecule has 98 valence electrons. The maximum absolute atomic E-state index is 5.65. The van der Waals surface area contributed by atoms with Gasteiger partial charge in [-0.3, -0.25) is 0 Å². The van der Waals surface area contributed by atoms with Crippen molar-refractivity contribution in [1.82, 2.24) is 10.2 Å². The summed E-state index contributed by atoms with van der Waals surface area (Å²) < 4.78 is 5.65. The molecule has 2 aromatic heterocycles. The van der Waals surface area contributed by atoms with Crippen molar-refractivity contribution in [2.45, 2.75) is 32.2 Å². The first kappa shape index (κ1) is 11.0. The molecule has 1 saturated heterocycles. The van der Waals surface area contributed by atoms with E-state index in [9.17, 15) is 0 Å². The summed E-state index contributed by atoms with van der Waals surface area (Å²) >= 11 is 0. The van der Waals surface area contributed by atoms with Crippen molar-refractivity contribution in [2.24, 2.45) is 5.41 Å². The fourth-order valence-corrected chi connectivity index (χ4v) is 3.46. The van der Waals surface area contributed by atoms with Gasteiger partial charge in [0.25, 0.3) is 0 Å². The molecule has 1 unspecified atom stereocenters. The Morgan fingerprint density at radius 2 is 2.16 bits per heavy atom. The minimum atomic E-state index is 0.341. The molecule has 3 heterocycles. The lowest BCUT2D eigenvalue weighted by Gasteiger charge is -2.61. The van der Waals surface area contributed by atoms with E-state index < -0.39 is 0 Å². The van der Waals surface area contributed by atoms with Crippen LogP contribution in [0.2, 0.25) is 0 Å². The SMILES string of the molecule is Cc1ccc(N2CC3(CCC3)C2c2ccco2)nn1. The Morgan fingerprint density at radius 3 is 2.74 bits per heavy atom. The lowest BCUT2D eigenvalue weighted by molar-refractivity contribution is 0.0169. The molecule has 1 aliphatic heterocycles. The van der Waals surface area contributed by atoms with Crippen LogP contribution in [0.5, 0.6) is 0 Å². The molecule has 1 saturated carbocycles. The molecule has 0 bridgehead atoms. The standard InChI is InChI=1S/C15H17N3O/c1-11-5-6-13(17-16-11)18-10-15(7-3-8-15)14(18)12-4-2-9-19-12/h2,4-6,9,14H,3,7-8,10H2,1H3. The van der Waals surface area contributed by atoms with Crippen LogP contribution in [-0.2, 0) is 0 Å². The average Bonchev–Trinajstić information content (AvgIpc) is 2.82. The number of hydrogen-bond acceptors (Lipinski definition) is 4. The number of aromatic nitrogens is 2. The van der Waals surface area contributed by atoms with E-state index in [1.165, 1.54) is 19.3 Å². The maximum Gasteiger partial charge on any atom is 0.151 e. The van der Waals surface area contributed by atoms with Crippen molar-refractivity contribution in [2.75, 3.05) is 11.4 Å². The second-order valence-corrected chi connectivity index (χ2v) is 5.79. The van der Waals surface area contributed by atoms with Crippen LogP contribution in [-0.4, -0.2) is 16.7 Å². The number of furan rings is 1. The molecule has 0 radical (unpaired) electrons. The second-order valence-electron chi connectivity index (χ2n) is 5.79. The average molecular weight is 255 g/mol. The van der Waals surface area contributed by atoms with Gasteiger partial charge in [0, 0.05) is 12.0 Å². The molecule has 4 heteroatoms.